The van der Waals surface area contributed by atoms with E-state index in [1.54, 1.807) is 0 Å². The van der Waals surface area contributed by atoms with Gasteiger partial charge >= 0.3 is 0 Å². The number of nitrogens with zero attached hydrogens (tertiary/aromatic N) is 2. The Hall–Kier alpha value is -0.930. The van der Waals surface area contributed by atoms with Gasteiger partial charge in [0.05, 0.1) is 0 Å². The van der Waals surface area contributed by atoms with E-state index in [1.165, 1.54) is 5.56 Å². The summed E-state index contributed by atoms with van der Waals surface area (Å²) in [5, 5.41) is 0. The zero-order valence-corrected chi connectivity index (χ0v) is 12.0. The molecule has 0 aliphatic heterocycles. The Bertz CT molecular complexity index is 312. The third-order valence-electron chi connectivity index (χ3n) is 4.14. The summed E-state index contributed by atoms with van der Waals surface area (Å²) in [5.74, 6) is 0. The molecule has 0 fully saturated rings. The molecule has 2 N–H and O–H groups in total. The zero-order valence-electron chi connectivity index (χ0n) is 12.0. The Kier molecular flexibility index (Phi) is 6.30. The monoisotopic (exact) mass is 249 g/mol. The van der Waals surface area contributed by atoms with Crippen LogP contribution in [0.4, 0.5) is 0 Å². The molecule has 0 amide bonds. The van der Waals surface area contributed by atoms with Crippen LogP contribution in [0.15, 0.2) is 24.5 Å². The smallest absolute Gasteiger partial charge is 0.0326 e. The third kappa shape index (κ3) is 3.53. The lowest BCUT2D eigenvalue weighted by molar-refractivity contribution is 0.0921. The molecule has 3 heteroatoms. The Morgan fingerprint density at radius 1 is 1.28 bits per heavy atom. The van der Waals surface area contributed by atoms with Crippen LogP contribution in [0.5, 0.6) is 0 Å². The van der Waals surface area contributed by atoms with E-state index in [9.17, 15) is 0 Å². The number of rotatable bonds is 8. The molecular weight excluding hydrogens is 222 g/mol. The van der Waals surface area contributed by atoms with Crippen molar-refractivity contribution in [3.05, 3.63) is 30.1 Å². The number of pyridine rings is 1. The lowest BCUT2D eigenvalue weighted by atomic mass is 9.90. The maximum absolute atomic E-state index is 6.02. The van der Waals surface area contributed by atoms with E-state index >= 15 is 0 Å². The molecule has 1 aromatic rings. The average Bonchev–Trinajstić information content (AvgIpc) is 2.45. The van der Waals surface area contributed by atoms with E-state index in [0.29, 0.717) is 0 Å². The first kappa shape index (κ1) is 15.1. The van der Waals surface area contributed by atoms with Crippen molar-refractivity contribution in [3.8, 4) is 0 Å². The molecule has 0 radical (unpaired) electrons. The highest BCUT2D eigenvalue weighted by molar-refractivity contribution is 5.09. The van der Waals surface area contributed by atoms with Crippen LogP contribution in [0.2, 0.25) is 0 Å². The van der Waals surface area contributed by atoms with Gasteiger partial charge < -0.3 is 5.73 Å². The van der Waals surface area contributed by atoms with E-state index in [-0.39, 0.29) is 5.54 Å². The predicted molar refractivity (Wildman–Crippen MR) is 77.6 cm³/mol. The van der Waals surface area contributed by atoms with E-state index < -0.39 is 0 Å². The van der Waals surface area contributed by atoms with E-state index in [0.717, 1.165) is 38.9 Å². The maximum atomic E-state index is 6.02. The van der Waals surface area contributed by atoms with Gasteiger partial charge in [0.2, 0.25) is 0 Å². The van der Waals surface area contributed by atoms with Crippen LogP contribution in [-0.2, 0) is 6.42 Å². The number of aromatic nitrogens is 1. The van der Waals surface area contributed by atoms with Crippen molar-refractivity contribution in [1.29, 1.82) is 0 Å². The highest BCUT2D eigenvalue weighted by Gasteiger charge is 2.30. The van der Waals surface area contributed by atoms with Gasteiger partial charge in [-0.25, -0.2) is 0 Å². The van der Waals surface area contributed by atoms with Crippen LogP contribution in [-0.4, -0.2) is 35.1 Å². The summed E-state index contributed by atoms with van der Waals surface area (Å²) in [6, 6.07) is 4.14. The molecule has 18 heavy (non-hydrogen) atoms. The first-order valence-corrected chi connectivity index (χ1v) is 7.06. The lowest BCUT2D eigenvalue weighted by Crippen LogP contribution is -2.53. The molecule has 102 valence electrons. The molecule has 0 saturated heterocycles. The van der Waals surface area contributed by atoms with Gasteiger partial charge in [0.1, 0.15) is 0 Å². The zero-order chi connectivity index (χ0) is 13.4. The average molecular weight is 249 g/mol. The molecular formula is C15H27N3. The summed E-state index contributed by atoms with van der Waals surface area (Å²) in [6.07, 6.45) is 7.05. The van der Waals surface area contributed by atoms with E-state index in [4.69, 9.17) is 5.73 Å². The fourth-order valence-corrected chi connectivity index (χ4v) is 2.66. The maximum Gasteiger partial charge on any atom is 0.0326 e. The largest absolute Gasteiger partial charge is 0.329 e. The van der Waals surface area contributed by atoms with Crippen molar-refractivity contribution in [2.45, 2.75) is 45.6 Å². The summed E-state index contributed by atoms with van der Waals surface area (Å²) in [6.45, 7) is 9.55. The fraction of sp³-hybridized carbons (Fsp3) is 0.667. The highest BCUT2D eigenvalue weighted by Crippen LogP contribution is 2.22. The van der Waals surface area contributed by atoms with Gasteiger partial charge in [-0.2, -0.15) is 0 Å². The molecule has 0 unspecified atom stereocenters. The molecule has 1 aromatic heterocycles. The number of nitrogens with two attached hydrogens (primary N) is 1. The molecule has 3 nitrogen and oxygen atoms in total. The Morgan fingerprint density at radius 3 is 2.44 bits per heavy atom. The van der Waals surface area contributed by atoms with E-state index in [2.05, 4.69) is 36.7 Å². The Labute approximate surface area is 111 Å². The van der Waals surface area contributed by atoms with Gasteiger partial charge in [-0.15, -0.1) is 0 Å². The minimum Gasteiger partial charge on any atom is -0.329 e. The van der Waals surface area contributed by atoms with E-state index in [1.807, 2.05) is 18.5 Å². The molecule has 0 aromatic carbocycles. The van der Waals surface area contributed by atoms with Gasteiger partial charge in [0.25, 0.3) is 0 Å². The second kappa shape index (κ2) is 7.49. The molecule has 0 saturated carbocycles. The summed E-state index contributed by atoms with van der Waals surface area (Å²) in [5.41, 5.74) is 7.48. The molecule has 0 aliphatic rings. The van der Waals surface area contributed by atoms with Crippen LogP contribution in [0, 0.1) is 0 Å². The predicted octanol–water partition coefficient (Wildman–Crippen LogP) is 2.46. The van der Waals surface area contributed by atoms with Crippen LogP contribution in [0.25, 0.3) is 0 Å². The summed E-state index contributed by atoms with van der Waals surface area (Å²) < 4.78 is 0. The number of hydrogen-bond acceptors (Lipinski definition) is 3. The standard InChI is InChI=1S/C15H27N3/c1-4-15(5-2,13-16)18(6-3)11-9-14-8-7-10-17-12-14/h7-8,10,12H,4-6,9,11,13,16H2,1-3H3. The van der Waals surface area contributed by atoms with Gasteiger partial charge in [-0.1, -0.05) is 26.8 Å². The number of hydrogen-bond donors (Lipinski definition) is 1. The van der Waals surface area contributed by atoms with Crippen molar-refractivity contribution in [1.82, 2.24) is 9.88 Å². The van der Waals surface area contributed by atoms with Crippen LogP contribution in [0.3, 0.4) is 0 Å². The molecule has 0 spiro atoms. The molecule has 1 rings (SSSR count). The van der Waals surface area contributed by atoms with Crippen molar-refractivity contribution in [2.75, 3.05) is 19.6 Å². The molecule has 0 atom stereocenters. The Balaban J connectivity index is 2.66. The quantitative estimate of drug-likeness (QED) is 0.769. The topological polar surface area (TPSA) is 42.2 Å². The van der Waals surface area contributed by atoms with Gasteiger partial charge in [-0.05, 0) is 37.4 Å². The van der Waals surface area contributed by atoms with Crippen LogP contribution < -0.4 is 5.73 Å². The number of likely N-dealkylation sites (N-methyl/N-ethyl adjacent to an activating group) is 1. The van der Waals surface area contributed by atoms with Gasteiger partial charge in [-0.3, -0.25) is 9.88 Å². The normalized spacial score (nSPS) is 12.1. The van der Waals surface area contributed by atoms with Crippen molar-refractivity contribution in [3.63, 3.8) is 0 Å². The molecule has 0 bridgehead atoms. The SMILES string of the molecule is CCN(CCc1cccnc1)C(CC)(CC)CN. The summed E-state index contributed by atoms with van der Waals surface area (Å²) in [7, 11) is 0. The summed E-state index contributed by atoms with van der Waals surface area (Å²) >= 11 is 0. The van der Waals surface area contributed by atoms with Gasteiger partial charge in [0, 0.05) is 31.0 Å². The first-order valence-electron chi connectivity index (χ1n) is 7.06. The Morgan fingerprint density at radius 2 is 2.00 bits per heavy atom. The molecule has 0 aliphatic carbocycles. The molecule has 1 heterocycles. The van der Waals surface area contributed by atoms with Crippen LogP contribution in [0.1, 0.15) is 39.2 Å². The van der Waals surface area contributed by atoms with Crippen molar-refractivity contribution >= 4 is 0 Å². The second-order valence-electron chi connectivity index (χ2n) is 4.83. The van der Waals surface area contributed by atoms with Crippen LogP contribution >= 0.6 is 0 Å². The first-order chi connectivity index (χ1) is 8.72. The lowest BCUT2D eigenvalue weighted by Gasteiger charge is -2.42. The highest BCUT2D eigenvalue weighted by atomic mass is 15.2. The fourth-order valence-electron chi connectivity index (χ4n) is 2.66. The van der Waals surface area contributed by atoms with Crippen molar-refractivity contribution < 1.29 is 0 Å². The minimum atomic E-state index is 0.164. The second-order valence-corrected chi connectivity index (χ2v) is 4.83. The van der Waals surface area contributed by atoms with Crippen molar-refractivity contribution in [2.24, 2.45) is 5.73 Å². The third-order valence-corrected chi connectivity index (χ3v) is 4.14. The van der Waals surface area contributed by atoms with Gasteiger partial charge in [0.15, 0.2) is 0 Å². The summed E-state index contributed by atoms with van der Waals surface area (Å²) in [4.78, 5) is 6.70. The minimum absolute atomic E-state index is 0.164.